The third kappa shape index (κ3) is 1.89. The van der Waals surface area contributed by atoms with E-state index in [1.165, 1.54) is 0 Å². The number of rotatable bonds is 1. The molecule has 0 aliphatic heterocycles. The summed E-state index contributed by atoms with van der Waals surface area (Å²) in [4.78, 5) is 0. The van der Waals surface area contributed by atoms with Crippen LogP contribution in [-0.4, -0.2) is 34.3 Å². The van der Waals surface area contributed by atoms with Gasteiger partial charge in [0.1, 0.15) is 11.9 Å². The first-order valence-corrected chi connectivity index (χ1v) is 8.66. The Morgan fingerprint density at radius 1 is 1.17 bits per heavy atom. The fraction of sp³-hybridized carbons (Fsp3) is 0.684. The summed E-state index contributed by atoms with van der Waals surface area (Å²) in [5.41, 5.74) is 0.652. The van der Waals surface area contributed by atoms with Crippen LogP contribution in [0.15, 0.2) is 35.6 Å². The van der Waals surface area contributed by atoms with Crippen LogP contribution in [0.5, 0.6) is 0 Å². The van der Waals surface area contributed by atoms with Crippen molar-refractivity contribution in [1.82, 2.24) is 0 Å². The fourth-order valence-electron chi connectivity index (χ4n) is 5.78. The summed E-state index contributed by atoms with van der Waals surface area (Å²) in [7, 11) is 1.61. The Bertz CT molecular complexity index is 606. The van der Waals surface area contributed by atoms with Gasteiger partial charge in [-0.1, -0.05) is 31.2 Å². The van der Waals surface area contributed by atoms with Crippen molar-refractivity contribution in [3.05, 3.63) is 35.6 Å². The monoisotopic (exact) mass is 318 g/mol. The maximum absolute atomic E-state index is 10.9. The number of hydrogen-bond acceptors (Lipinski definition) is 4. The molecule has 0 aromatic rings. The smallest absolute Gasteiger partial charge is 0.170 e. The SMILES string of the molecule is CO[C@]1(O)CC[C@H]2[C@@H]3C=CC4=C(O)C(O)C=C[C@@H]4[C@H]3CC[C@@]21C. The molecule has 0 aromatic heterocycles. The van der Waals surface area contributed by atoms with Gasteiger partial charge in [-0.3, -0.25) is 0 Å². The van der Waals surface area contributed by atoms with E-state index in [1.807, 2.05) is 6.08 Å². The third-order valence-electron chi connectivity index (χ3n) is 7.19. The summed E-state index contributed by atoms with van der Waals surface area (Å²) in [6, 6.07) is 0. The molecule has 0 bridgehead atoms. The lowest BCUT2D eigenvalue weighted by Gasteiger charge is -2.53. The molecule has 0 amide bonds. The summed E-state index contributed by atoms with van der Waals surface area (Å²) in [6.07, 6.45) is 10.7. The van der Waals surface area contributed by atoms with Crippen molar-refractivity contribution in [2.75, 3.05) is 7.11 Å². The molecule has 0 saturated heterocycles. The van der Waals surface area contributed by atoms with E-state index in [0.29, 0.717) is 24.2 Å². The van der Waals surface area contributed by atoms with Crippen molar-refractivity contribution >= 4 is 0 Å². The highest BCUT2D eigenvalue weighted by molar-refractivity contribution is 5.40. The molecule has 2 saturated carbocycles. The van der Waals surface area contributed by atoms with Gasteiger partial charge in [-0.15, -0.1) is 0 Å². The van der Waals surface area contributed by atoms with Gasteiger partial charge in [0.05, 0.1) is 0 Å². The molecule has 2 fully saturated rings. The van der Waals surface area contributed by atoms with Gasteiger partial charge in [-0.25, -0.2) is 0 Å². The second-order valence-corrected chi connectivity index (χ2v) is 7.89. The molecule has 126 valence electrons. The van der Waals surface area contributed by atoms with Gasteiger partial charge >= 0.3 is 0 Å². The molecule has 4 heteroatoms. The van der Waals surface area contributed by atoms with Crippen LogP contribution in [0.3, 0.4) is 0 Å². The van der Waals surface area contributed by atoms with Crippen LogP contribution in [0, 0.1) is 29.1 Å². The zero-order valence-corrected chi connectivity index (χ0v) is 13.8. The molecule has 3 N–H and O–H groups in total. The normalized spacial score (nSPS) is 51.4. The van der Waals surface area contributed by atoms with Crippen LogP contribution in [0.25, 0.3) is 0 Å². The minimum absolute atomic E-state index is 0.0975. The van der Waals surface area contributed by atoms with Crippen molar-refractivity contribution in [3.8, 4) is 0 Å². The molecular weight excluding hydrogens is 292 g/mol. The second-order valence-electron chi connectivity index (χ2n) is 7.89. The van der Waals surface area contributed by atoms with Gasteiger partial charge in [-0.05, 0) is 42.6 Å². The zero-order valence-electron chi connectivity index (χ0n) is 13.8. The number of aliphatic hydroxyl groups excluding tert-OH is 2. The van der Waals surface area contributed by atoms with Crippen molar-refractivity contribution in [2.24, 2.45) is 29.1 Å². The number of methoxy groups -OCH3 is 1. The Morgan fingerprint density at radius 2 is 1.96 bits per heavy atom. The van der Waals surface area contributed by atoms with E-state index in [4.69, 9.17) is 4.74 Å². The number of hydrogen-bond donors (Lipinski definition) is 3. The first kappa shape index (κ1) is 15.4. The summed E-state index contributed by atoms with van der Waals surface area (Å²) < 4.78 is 5.52. The Kier molecular flexibility index (Phi) is 3.32. The Balaban J connectivity index is 1.72. The predicted molar refractivity (Wildman–Crippen MR) is 86.4 cm³/mol. The lowest BCUT2D eigenvalue weighted by molar-refractivity contribution is -0.259. The predicted octanol–water partition coefficient (Wildman–Crippen LogP) is 2.69. The molecule has 0 heterocycles. The molecule has 7 atom stereocenters. The highest BCUT2D eigenvalue weighted by Gasteiger charge is 2.62. The van der Waals surface area contributed by atoms with Crippen LogP contribution in [0.4, 0.5) is 0 Å². The quantitative estimate of drug-likeness (QED) is 0.513. The lowest BCUT2D eigenvalue weighted by atomic mass is 9.54. The standard InChI is InChI=1S/C19H26O4/c1-18-9-7-12-11-5-6-16(20)17(21)14(11)4-3-13(12)15(18)8-10-19(18,22)23-2/h3-6,11-13,15-16,20-22H,7-10H2,1-2H3/t11-,12-,13-,15+,16?,18+,19-/m1/s1. The average Bonchev–Trinajstić information content (AvgIpc) is 2.83. The molecule has 4 nitrogen and oxygen atoms in total. The van der Waals surface area contributed by atoms with Crippen LogP contribution < -0.4 is 0 Å². The largest absolute Gasteiger partial charge is 0.509 e. The number of fused-ring (bicyclic) bond motifs is 5. The van der Waals surface area contributed by atoms with E-state index in [9.17, 15) is 15.3 Å². The van der Waals surface area contributed by atoms with Crippen LogP contribution in [0.2, 0.25) is 0 Å². The lowest BCUT2D eigenvalue weighted by Crippen LogP contribution is -2.52. The molecule has 4 rings (SSSR count). The minimum Gasteiger partial charge on any atom is -0.509 e. The van der Waals surface area contributed by atoms with E-state index in [0.717, 1.165) is 24.8 Å². The molecule has 0 spiro atoms. The summed E-state index contributed by atoms with van der Waals surface area (Å²) in [6.45, 7) is 2.17. The van der Waals surface area contributed by atoms with Crippen molar-refractivity contribution < 1.29 is 20.1 Å². The molecule has 0 aromatic carbocycles. The Hall–Kier alpha value is -1.10. The van der Waals surface area contributed by atoms with Gasteiger partial charge < -0.3 is 20.1 Å². The van der Waals surface area contributed by atoms with E-state index in [-0.39, 0.29) is 17.1 Å². The topological polar surface area (TPSA) is 69.9 Å². The van der Waals surface area contributed by atoms with Crippen molar-refractivity contribution in [1.29, 1.82) is 0 Å². The molecule has 1 unspecified atom stereocenters. The van der Waals surface area contributed by atoms with Crippen LogP contribution in [0.1, 0.15) is 32.6 Å². The summed E-state index contributed by atoms with van der Waals surface area (Å²) in [5.74, 6) is 0.464. The van der Waals surface area contributed by atoms with Gasteiger partial charge in [-0.2, -0.15) is 0 Å². The third-order valence-corrected chi connectivity index (χ3v) is 7.19. The number of aliphatic hydroxyl groups is 3. The Labute approximate surface area is 137 Å². The average molecular weight is 318 g/mol. The molecule has 4 aliphatic rings. The minimum atomic E-state index is -1.02. The zero-order chi connectivity index (χ0) is 16.4. The Morgan fingerprint density at radius 3 is 2.70 bits per heavy atom. The molecule has 4 aliphatic carbocycles. The number of ether oxygens (including phenoxy) is 1. The van der Waals surface area contributed by atoms with E-state index >= 15 is 0 Å². The van der Waals surface area contributed by atoms with Crippen LogP contribution in [-0.2, 0) is 4.74 Å². The number of allylic oxidation sites excluding steroid dienone is 4. The summed E-state index contributed by atoms with van der Waals surface area (Å²) in [5, 5.41) is 30.9. The van der Waals surface area contributed by atoms with Gasteiger partial charge in [0, 0.05) is 24.9 Å². The molecular formula is C19H26O4. The maximum Gasteiger partial charge on any atom is 0.170 e. The fourth-order valence-corrected chi connectivity index (χ4v) is 5.78. The van der Waals surface area contributed by atoms with Crippen molar-refractivity contribution in [3.63, 3.8) is 0 Å². The molecule has 0 radical (unpaired) electrons. The van der Waals surface area contributed by atoms with E-state index in [1.54, 1.807) is 13.2 Å². The maximum atomic E-state index is 10.9. The highest BCUT2D eigenvalue weighted by atomic mass is 16.6. The van der Waals surface area contributed by atoms with E-state index < -0.39 is 11.9 Å². The van der Waals surface area contributed by atoms with Crippen LogP contribution >= 0.6 is 0 Å². The van der Waals surface area contributed by atoms with Crippen molar-refractivity contribution in [2.45, 2.75) is 44.5 Å². The van der Waals surface area contributed by atoms with Gasteiger partial charge in [0.15, 0.2) is 5.79 Å². The van der Waals surface area contributed by atoms with Gasteiger partial charge in [0.25, 0.3) is 0 Å². The summed E-state index contributed by atoms with van der Waals surface area (Å²) >= 11 is 0. The van der Waals surface area contributed by atoms with E-state index in [2.05, 4.69) is 19.1 Å². The highest BCUT2D eigenvalue weighted by Crippen LogP contribution is 2.63. The molecule has 23 heavy (non-hydrogen) atoms. The first-order valence-electron chi connectivity index (χ1n) is 8.66. The second kappa shape index (κ2) is 4.95. The first-order chi connectivity index (χ1) is 10.9. The van der Waals surface area contributed by atoms with Gasteiger partial charge in [0.2, 0.25) is 0 Å².